The van der Waals surface area contributed by atoms with Gasteiger partial charge in [0, 0.05) is 6.21 Å². The number of rotatable bonds is 1. The molecule has 0 aliphatic carbocycles. The van der Waals surface area contributed by atoms with Crippen LogP contribution in [-0.2, 0) is 0 Å². The van der Waals surface area contributed by atoms with Crippen LogP contribution in [0, 0.1) is 5.41 Å². The van der Waals surface area contributed by atoms with Gasteiger partial charge in [0.15, 0.2) is 0 Å². The van der Waals surface area contributed by atoms with Crippen molar-refractivity contribution in [3.8, 4) is 0 Å². The minimum Gasteiger partial charge on any atom is -0.308 e. The Balaban J connectivity index is 2.41. The maximum absolute atomic E-state index is 7.26. The first-order valence-corrected chi connectivity index (χ1v) is 5.30. The largest absolute Gasteiger partial charge is 0.308 e. The highest BCUT2D eigenvalue weighted by Crippen LogP contribution is 2.23. The first kappa shape index (κ1) is 9.10. The third kappa shape index (κ3) is 1.38. The van der Waals surface area contributed by atoms with Crippen molar-refractivity contribution in [1.29, 1.82) is 5.41 Å². The molecule has 3 aromatic carbocycles. The molecule has 1 nitrogen and oxygen atoms in total. The molecule has 0 aliphatic heterocycles. The highest BCUT2D eigenvalue weighted by Gasteiger charge is 1.98. The summed E-state index contributed by atoms with van der Waals surface area (Å²) in [7, 11) is 0. The highest BCUT2D eigenvalue weighted by atomic mass is 14.3. The molecule has 0 aliphatic rings. The second-order valence-electron chi connectivity index (χ2n) is 3.95. The molecule has 76 valence electrons. The molecule has 1 N–H and O–H groups in total. The fourth-order valence-corrected chi connectivity index (χ4v) is 2.05. The number of hydrogen-bond acceptors (Lipinski definition) is 1. The molecule has 0 atom stereocenters. The molecule has 0 bridgehead atoms. The number of fused-ring (bicyclic) bond motifs is 2. The number of nitrogens with one attached hydrogen (secondary N) is 1. The second kappa shape index (κ2) is 3.46. The third-order valence-electron chi connectivity index (χ3n) is 2.90. The SMILES string of the molecule is N=Cc1ccc2cc3ccccc3cc2c1. The van der Waals surface area contributed by atoms with Crippen LogP contribution in [0.25, 0.3) is 21.5 Å². The van der Waals surface area contributed by atoms with E-state index in [0.717, 1.165) is 5.56 Å². The van der Waals surface area contributed by atoms with Gasteiger partial charge >= 0.3 is 0 Å². The summed E-state index contributed by atoms with van der Waals surface area (Å²) in [5.41, 5.74) is 0.947. The number of benzene rings is 3. The molecule has 0 unspecified atom stereocenters. The summed E-state index contributed by atoms with van der Waals surface area (Å²) in [5, 5.41) is 12.2. The smallest absolute Gasteiger partial charge is 0.0250 e. The van der Waals surface area contributed by atoms with E-state index >= 15 is 0 Å². The van der Waals surface area contributed by atoms with Gasteiger partial charge in [0.05, 0.1) is 0 Å². The van der Waals surface area contributed by atoms with Gasteiger partial charge in [-0.3, -0.25) is 0 Å². The topological polar surface area (TPSA) is 23.9 Å². The minimum absolute atomic E-state index is 0.947. The molecule has 0 saturated carbocycles. The lowest BCUT2D eigenvalue weighted by molar-refractivity contribution is 1.55. The van der Waals surface area contributed by atoms with Crippen molar-refractivity contribution in [3.05, 3.63) is 60.2 Å². The van der Waals surface area contributed by atoms with Crippen LogP contribution in [-0.4, -0.2) is 6.21 Å². The van der Waals surface area contributed by atoms with E-state index in [0.29, 0.717) is 0 Å². The van der Waals surface area contributed by atoms with Crippen molar-refractivity contribution in [2.75, 3.05) is 0 Å². The lowest BCUT2D eigenvalue weighted by Gasteiger charge is -2.02. The van der Waals surface area contributed by atoms with Gasteiger partial charge in [-0.1, -0.05) is 36.4 Å². The molecule has 0 amide bonds. The minimum atomic E-state index is 0.947. The van der Waals surface area contributed by atoms with Gasteiger partial charge in [-0.25, -0.2) is 0 Å². The Bertz CT molecular complexity index is 683. The van der Waals surface area contributed by atoms with E-state index in [2.05, 4.69) is 48.5 Å². The van der Waals surface area contributed by atoms with Crippen LogP contribution >= 0.6 is 0 Å². The Morgan fingerprint density at radius 2 is 1.31 bits per heavy atom. The zero-order valence-corrected chi connectivity index (χ0v) is 8.77. The Kier molecular flexibility index (Phi) is 1.97. The van der Waals surface area contributed by atoms with Crippen molar-refractivity contribution >= 4 is 27.8 Å². The Morgan fingerprint density at radius 3 is 2.00 bits per heavy atom. The Labute approximate surface area is 93.8 Å². The second-order valence-corrected chi connectivity index (χ2v) is 3.95. The van der Waals surface area contributed by atoms with Crippen molar-refractivity contribution in [3.63, 3.8) is 0 Å². The van der Waals surface area contributed by atoms with Crippen LogP contribution in [0.3, 0.4) is 0 Å². The molecule has 0 spiro atoms. The predicted molar refractivity (Wildman–Crippen MR) is 69.3 cm³/mol. The van der Waals surface area contributed by atoms with E-state index in [1.807, 2.05) is 6.07 Å². The van der Waals surface area contributed by atoms with Crippen LogP contribution in [0.2, 0.25) is 0 Å². The summed E-state index contributed by atoms with van der Waals surface area (Å²) in [6, 6.07) is 18.8. The first-order chi connectivity index (χ1) is 7.86. The number of hydrogen-bond donors (Lipinski definition) is 1. The summed E-state index contributed by atoms with van der Waals surface area (Å²) in [6.45, 7) is 0. The summed E-state index contributed by atoms with van der Waals surface area (Å²) in [6.07, 6.45) is 1.38. The van der Waals surface area contributed by atoms with E-state index in [1.54, 1.807) is 0 Å². The highest BCUT2D eigenvalue weighted by molar-refractivity contribution is 5.99. The summed E-state index contributed by atoms with van der Waals surface area (Å²) >= 11 is 0. The normalized spacial score (nSPS) is 10.8. The molecule has 0 heterocycles. The van der Waals surface area contributed by atoms with Gasteiger partial charge in [-0.15, -0.1) is 0 Å². The molecule has 0 aromatic heterocycles. The molecule has 3 rings (SSSR count). The quantitative estimate of drug-likeness (QED) is 0.459. The zero-order chi connectivity index (χ0) is 11.0. The van der Waals surface area contributed by atoms with Gasteiger partial charge < -0.3 is 5.41 Å². The van der Waals surface area contributed by atoms with Crippen molar-refractivity contribution in [2.45, 2.75) is 0 Å². The van der Waals surface area contributed by atoms with E-state index in [9.17, 15) is 0 Å². The zero-order valence-electron chi connectivity index (χ0n) is 8.77. The van der Waals surface area contributed by atoms with E-state index in [1.165, 1.54) is 27.8 Å². The van der Waals surface area contributed by atoms with Crippen LogP contribution < -0.4 is 0 Å². The summed E-state index contributed by atoms with van der Waals surface area (Å²) in [4.78, 5) is 0. The van der Waals surface area contributed by atoms with Gasteiger partial charge in [-0.05, 0) is 45.3 Å². The van der Waals surface area contributed by atoms with E-state index in [4.69, 9.17) is 5.41 Å². The van der Waals surface area contributed by atoms with E-state index < -0.39 is 0 Å². The van der Waals surface area contributed by atoms with Crippen LogP contribution in [0.5, 0.6) is 0 Å². The Hall–Kier alpha value is -2.15. The molecular formula is C15H11N. The molecule has 0 fully saturated rings. The van der Waals surface area contributed by atoms with Crippen molar-refractivity contribution in [2.24, 2.45) is 0 Å². The molecule has 0 saturated heterocycles. The van der Waals surface area contributed by atoms with Gasteiger partial charge in [0.25, 0.3) is 0 Å². The standard InChI is InChI=1S/C15H11N/c16-10-11-5-6-14-8-12-3-1-2-4-13(12)9-15(14)7-11/h1-10,16H. The molecule has 0 radical (unpaired) electrons. The maximum atomic E-state index is 7.26. The van der Waals surface area contributed by atoms with Crippen LogP contribution in [0.1, 0.15) is 5.56 Å². The fraction of sp³-hybridized carbons (Fsp3) is 0. The van der Waals surface area contributed by atoms with Crippen molar-refractivity contribution < 1.29 is 0 Å². The summed E-state index contributed by atoms with van der Waals surface area (Å²) in [5.74, 6) is 0. The van der Waals surface area contributed by atoms with Gasteiger partial charge in [0.2, 0.25) is 0 Å². The van der Waals surface area contributed by atoms with Crippen LogP contribution in [0.4, 0.5) is 0 Å². The average molecular weight is 205 g/mol. The lowest BCUT2D eigenvalue weighted by Crippen LogP contribution is -1.81. The fourth-order valence-electron chi connectivity index (χ4n) is 2.05. The molecule has 16 heavy (non-hydrogen) atoms. The average Bonchev–Trinajstić information content (AvgIpc) is 2.35. The first-order valence-electron chi connectivity index (χ1n) is 5.30. The lowest BCUT2D eigenvalue weighted by atomic mass is 10.0. The molecular weight excluding hydrogens is 194 g/mol. The van der Waals surface area contributed by atoms with E-state index in [-0.39, 0.29) is 0 Å². The van der Waals surface area contributed by atoms with Crippen molar-refractivity contribution in [1.82, 2.24) is 0 Å². The Morgan fingerprint density at radius 1 is 0.688 bits per heavy atom. The maximum Gasteiger partial charge on any atom is 0.0250 e. The van der Waals surface area contributed by atoms with Crippen LogP contribution in [0.15, 0.2) is 54.6 Å². The molecule has 3 aromatic rings. The summed E-state index contributed by atoms with van der Waals surface area (Å²) < 4.78 is 0. The molecule has 1 heteroatoms. The predicted octanol–water partition coefficient (Wildman–Crippen LogP) is 3.99. The monoisotopic (exact) mass is 205 g/mol. The van der Waals surface area contributed by atoms with Gasteiger partial charge in [0.1, 0.15) is 0 Å². The van der Waals surface area contributed by atoms with Gasteiger partial charge in [-0.2, -0.15) is 0 Å². The third-order valence-corrected chi connectivity index (χ3v) is 2.90.